The van der Waals surface area contributed by atoms with Crippen molar-refractivity contribution in [2.45, 2.75) is 13.0 Å². The Morgan fingerprint density at radius 1 is 1.48 bits per heavy atom. The van der Waals surface area contributed by atoms with E-state index in [0.717, 1.165) is 4.47 Å². The first-order chi connectivity index (χ1) is 9.88. The molecular weight excluding hydrogens is 358 g/mol. The van der Waals surface area contributed by atoms with Crippen molar-refractivity contribution in [3.05, 3.63) is 44.3 Å². The summed E-state index contributed by atoms with van der Waals surface area (Å²) in [4.78, 5) is 26.3. The van der Waals surface area contributed by atoms with Crippen LogP contribution in [-0.4, -0.2) is 22.0 Å². The maximum Gasteiger partial charge on any atom is 0.355 e. The molecule has 1 aromatic heterocycles. The lowest BCUT2D eigenvalue weighted by atomic mass is 10.1. The van der Waals surface area contributed by atoms with E-state index in [2.05, 4.69) is 26.2 Å². The number of nitrogens with one attached hydrogen (secondary N) is 1. The standard InChI is InChI=1S/C13H12BrN3O3S/c1-6(12-17-10(5-21-12)13(19)20)16-9-3-2-7(14)4-8(9)11(15)18/h2-6,16H,1H3,(H2,15,18)(H,19,20). The Bertz CT molecular complexity index is 702. The fourth-order valence-electron chi connectivity index (χ4n) is 1.73. The van der Waals surface area contributed by atoms with Gasteiger partial charge in [0, 0.05) is 15.5 Å². The SMILES string of the molecule is CC(Nc1ccc(Br)cc1C(N)=O)c1nc(C(=O)O)cs1. The molecule has 4 N–H and O–H groups in total. The Morgan fingerprint density at radius 2 is 2.19 bits per heavy atom. The van der Waals surface area contributed by atoms with Crippen LogP contribution in [0, 0.1) is 0 Å². The molecule has 110 valence electrons. The van der Waals surface area contributed by atoms with Crippen molar-refractivity contribution in [3.63, 3.8) is 0 Å². The summed E-state index contributed by atoms with van der Waals surface area (Å²) in [5, 5.41) is 14.1. The lowest BCUT2D eigenvalue weighted by Crippen LogP contribution is -2.16. The van der Waals surface area contributed by atoms with E-state index in [9.17, 15) is 9.59 Å². The van der Waals surface area contributed by atoms with E-state index in [4.69, 9.17) is 10.8 Å². The number of hydrogen-bond acceptors (Lipinski definition) is 5. The van der Waals surface area contributed by atoms with Crippen molar-refractivity contribution in [3.8, 4) is 0 Å². The zero-order valence-electron chi connectivity index (χ0n) is 11.0. The minimum absolute atomic E-state index is 0.00887. The number of hydrogen-bond donors (Lipinski definition) is 3. The lowest BCUT2D eigenvalue weighted by molar-refractivity contribution is 0.0691. The number of amides is 1. The quantitative estimate of drug-likeness (QED) is 0.751. The molecule has 1 atom stereocenters. The number of thiazole rings is 1. The first-order valence-corrected chi connectivity index (χ1v) is 7.60. The minimum atomic E-state index is -1.06. The van der Waals surface area contributed by atoms with E-state index >= 15 is 0 Å². The van der Waals surface area contributed by atoms with Gasteiger partial charge in [0.1, 0.15) is 5.01 Å². The zero-order chi connectivity index (χ0) is 15.6. The summed E-state index contributed by atoms with van der Waals surface area (Å²) in [5.74, 6) is -1.61. The predicted octanol–water partition coefficient (Wildman–Crippen LogP) is 2.88. The van der Waals surface area contributed by atoms with Gasteiger partial charge in [-0.15, -0.1) is 11.3 Å². The van der Waals surface area contributed by atoms with Crippen LogP contribution in [0.15, 0.2) is 28.1 Å². The number of halogens is 1. The highest BCUT2D eigenvalue weighted by Gasteiger charge is 2.16. The Kier molecular flexibility index (Phi) is 4.59. The van der Waals surface area contributed by atoms with E-state index in [-0.39, 0.29) is 11.7 Å². The second-order valence-corrected chi connectivity index (χ2v) is 6.10. The molecule has 0 fully saturated rings. The first kappa shape index (κ1) is 15.5. The lowest BCUT2D eigenvalue weighted by Gasteiger charge is -2.15. The molecule has 1 amide bonds. The van der Waals surface area contributed by atoms with Gasteiger partial charge in [-0.05, 0) is 25.1 Å². The van der Waals surface area contributed by atoms with Gasteiger partial charge in [-0.1, -0.05) is 15.9 Å². The maximum atomic E-state index is 11.5. The van der Waals surface area contributed by atoms with E-state index in [0.29, 0.717) is 16.3 Å². The number of nitrogens with zero attached hydrogens (tertiary/aromatic N) is 1. The van der Waals surface area contributed by atoms with Crippen molar-refractivity contribution in [2.24, 2.45) is 5.73 Å². The van der Waals surface area contributed by atoms with E-state index in [1.54, 1.807) is 18.2 Å². The number of carbonyl (C=O) groups is 2. The monoisotopic (exact) mass is 369 g/mol. The van der Waals surface area contributed by atoms with E-state index < -0.39 is 11.9 Å². The third-order valence-electron chi connectivity index (χ3n) is 2.73. The van der Waals surface area contributed by atoms with Crippen LogP contribution in [0.1, 0.15) is 38.8 Å². The third kappa shape index (κ3) is 3.59. The summed E-state index contributed by atoms with van der Waals surface area (Å²) in [6, 6.07) is 4.89. The largest absolute Gasteiger partial charge is 0.476 e. The Labute approximate surface area is 133 Å². The number of nitrogens with two attached hydrogens (primary N) is 1. The summed E-state index contributed by atoms with van der Waals surface area (Å²) < 4.78 is 0.747. The molecule has 8 heteroatoms. The van der Waals surface area contributed by atoms with Crippen molar-refractivity contribution in [1.29, 1.82) is 0 Å². The molecule has 0 spiro atoms. The summed E-state index contributed by atoms with van der Waals surface area (Å²) in [6.07, 6.45) is 0. The van der Waals surface area contributed by atoms with E-state index in [1.807, 2.05) is 6.92 Å². The van der Waals surface area contributed by atoms with Crippen LogP contribution >= 0.6 is 27.3 Å². The Morgan fingerprint density at radius 3 is 2.76 bits per heavy atom. The van der Waals surface area contributed by atoms with Crippen molar-refractivity contribution in [2.75, 3.05) is 5.32 Å². The van der Waals surface area contributed by atoms with E-state index in [1.165, 1.54) is 16.7 Å². The van der Waals surface area contributed by atoms with Crippen LogP contribution in [0.4, 0.5) is 5.69 Å². The average Bonchev–Trinajstić information content (AvgIpc) is 2.90. The van der Waals surface area contributed by atoms with Crippen LogP contribution in [0.5, 0.6) is 0 Å². The number of benzene rings is 1. The van der Waals surface area contributed by atoms with Crippen molar-refractivity contribution < 1.29 is 14.7 Å². The number of carboxylic acids is 1. The topological polar surface area (TPSA) is 105 Å². The molecule has 6 nitrogen and oxygen atoms in total. The van der Waals surface area contributed by atoms with Gasteiger partial charge in [0.15, 0.2) is 5.69 Å². The molecule has 0 aliphatic carbocycles. The fourth-order valence-corrected chi connectivity index (χ4v) is 2.89. The molecule has 0 saturated heterocycles. The van der Waals surface area contributed by atoms with Crippen LogP contribution in [0.3, 0.4) is 0 Å². The van der Waals surface area contributed by atoms with Gasteiger partial charge >= 0.3 is 5.97 Å². The summed E-state index contributed by atoms with van der Waals surface area (Å²) in [5.41, 5.74) is 6.29. The van der Waals surface area contributed by atoms with Gasteiger partial charge < -0.3 is 16.2 Å². The average molecular weight is 370 g/mol. The molecule has 0 aliphatic rings. The number of rotatable bonds is 5. The van der Waals surface area contributed by atoms with Gasteiger partial charge in [-0.2, -0.15) is 0 Å². The zero-order valence-corrected chi connectivity index (χ0v) is 13.4. The number of aromatic carboxylic acids is 1. The van der Waals surface area contributed by atoms with Gasteiger partial charge in [0.25, 0.3) is 5.91 Å². The number of primary amides is 1. The van der Waals surface area contributed by atoms with Gasteiger partial charge in [0.2, 0.25) is 0 Å². The highest BCUT2D eigenvalue weighted by atomic mass is 79.9. The van der Waals surface area contributed by atoms with Crippen LogP contribution < -0.4 is 11.1 Å². The summed E-state index contributed by atoms with van der Waals surface area (Å²) in [6.45, 7) is 1.83. The fraction of sp³-hybridized carbons (Fsp3) is 0.154. The molecule has 2 aromatic rings. The smallest absolute Gasteiger partial charge is 0.355 e. The molecule has 1 heterocycles. The second kappa shape index (κ2) is 6.23. The summed E-state index contributed by atoms with van der Waals surface area (Å²) in [7, 11) is 0. The maximum absolute atomic E-state index is 11.5. The number of anilines is 1. The van der Waals surface area contributed by atoms with Crippen LogP contribution in [0.25, 0.3) is 0 Å². The van der Waals surface area contributed by atoms with Gasteiger partial charge in [-0.3, -0.25) is 4.79 Å². The third-order valence-corrected chi connectivity index (χ3v) is 4.25. The van der Waals surface area contributed by atoms with Crippen LogP contribution in [-0.2, 0) is 0 Å². The van der Waals surface area contributed by atoms with Gasteiger partial charge in [0.05, 0.1) is 11.6 Å². The molecular formula is C13H12BrN3O3S. The molecule has 1 aromatic carbocycles. The van der Waals surface area contributed by atoms with Crippen molar-refractivity contribution >= 4 is 44.8 Å². The molecule has 0 saturated carbocycles. The number of carboxylic acid groups (broad SMARTS) is 1. The molecule has 0 bridgehead atoms. The number of aromatic nitrogens is 1. The first-order valence-electron chi connectivity index (χ1n) is 5.93. The predicted molar refractivity (Wildman–Crippen MR) is 83.8 cm³/mol. The minimum Gasteiger partial charge on any atom is -0.476 e. The number of carbonyl (C=O) groups excluding carboxylic acids is 1. The van der Waals surface area contributed by atoms with Crippen molar-refractivity contribution in [1.82, 2.24) is 4.98 Å². The Balaban J connectivity index is 2.24. The molecule has 1 unspecified atom stereocenters. The molecule has 0 radical (unpaired) electrons. The molecule has 21 heavy (non-hydrogen) atoms. The van der Waals surface area contributed by atoms with Crippen LogP contribution in [0.2, 0.25) is 0 Å². The molecule has 0 aliphatic heterocycles. The molecule has 2 rings (SSSR count). The highest BCUT2D eigenvalue weighted by Crippen LogP contribution is 2.26. The highest BCUT2D eigenvalue weighted by molar-refractivity contribution is 9.10. The normalized spacial score (nSPS) is 11.9. The second-order valence-electron chi connectivity index (χ2n) is 4.30. The Hall–Kier alpha value is -1.93. The summed E-state index contributed by atoms with van der Waals surface area (Å²) >= 11 is 4.53. The van der Waals surface area contributed by atoms with Gasteiger partial charge in [-0.25, -0.2) is 9.78 Å².